The summed E-state index contributed by atoms with van der Waals surface area (Å²) in [4.78, 5) is 0. The van der Waals surface area contributed by atoms with E-state index in [1.54, 1.807) is 0 Å². The highest BCUT2D eigenvalue weighted by Crippen LogP contribution is 2.49. The third-order valence-corrected chi connectivity index (χ3v) is 4.72. The summed E-state index contributed by atoms with van der Waals surface area (Å²) >= 11 is 29.8. The molecule has 0 unspecified atom stereocenters. The largest absolute Gasteiger partial charge is 0.507 e. The van der Waals surface area contributed by atoms with Crippen LogP contribution in [-0.4, -0.2) is 5.11 Å². The number of hydrogen-bond donors (Lipinski definition) is 1. The summed E-state index contributed by atoms with van der Waals surface area (Å²) < 4.78 is 13.0. The first-order chi connectivity index (χ1) is 8.84. The van der Waals surface area contributed by atoms with Crippen LogP contribution in [0.15, 0.2) is 18.2 Å². The van der Waals surface area contributed by atoms with E-state index in [2.05, 4.69) is 0 Å². The van der Waals surface area contributed by atoms with E-state index in [1.165, 1.54) is 6.07 Å². The molecule has 1 N–H and O–H groups in total. The number of hydrogen-bond acceptors (Lipinski definition) is 1. The molecule has 100 valence electrons. The molecule has 7 heteroatoms. The van der Waals surface area contributed by atoms with E-state index < -0.39 is 5.82 Å². The van der Waals surface area contributed by atoms with Gasteiger partial charge in [-0.05, 0) is 12.1 Å². The molecule has 0 amide bonds. The van der Waals surface area contributed by atoms with Gasteiger partial charge in [-0.25, -0.2) is 4.39 Å². The third kappa shape index (κ3) is 2.61. The lowest BCUT2D eigenvalue weighted by Crippen LogP contribution is -1.88. The zero-order valence-corrected chi connectivity index (χ0v) is 12.7. The van der Waals surface area contributed by atoms with Gasteiger partial charge in [-0.1, -0.05) is 58.0 Å². The van der Waals surface area contributed by atoms with Gasteiger partial charge in [-0.3, -0.25) is 0 Å². The zero-order chi connectivity index (χ0) is 14.3. The first-order valence-electron chi connectivity index (χ1n) is 4.85. The van der Waals surface area contributed by atoms with Crippen LogP contribution in [0.3, 0.4) is 0 Å². The number of rotatable bonds is 1. The third-order valence-electron chi connectivity index (χ3n) is 2.44. The standard InChI is InChI=1S/C12H4Cl5FO/c13-8-7(5-2-1-4(18)3-6(5)19)9(14)11(16)12(17)10(8)15/h1-3,19H. The number of benzene rings is 2. The minimum Gasteiger partial charge on any atom is -0.507 e. The second-order valence-electron chi connectivity index (χ2n) is 3.61. The Morgan fingerprint density at radius 3 is 1.74 bits per heavy atom. The van der Waals surface area contributed by atoms with Crippen molar-refractivity contribution < 1.29 is 9.50 Å². The van der Waals surface area contributed by atoms with E-state index in [4.69, 9.17) is 58.0 Å². The summed E-state index contributed by atoms with van der Waals surface area (Å²) in [5, 5.41) is 9.87. The van der Waals surface area contributed by atoms with Crippen LogP contribution in [0, 0.1) is 5.82 Å². The molecular formula is C12H4Cl5FO. The summed E-state index contributed by atoms with van der Waals surface area (Å²) in [6.45, 7) is 0. The minimum atomic E-state index is -0.598. The second kappa shape index (κ2) is 5.55. The molecule has 0 aliphatic carbocycles. The first kappa shape index (κ1) is 15.0. The van der Waals surface area contributed by atoms with Crippen LogP contribution in [0.25, 0.3) is 11.1 Å². The number of phenols is 1. The van der Waals surface area contributed by atoms with Gasteiger partial charge in [0, 0.05) is 17.2 Å². The Morgan fingerprint density at radius 2 is 1.26 bits per heavy atom. The van der Waals surface area contributed by atoms with Crippen molar-refractivity contribution in [1.29, 1.82) is 0 Å². The van der Waals surface area contributed by atoms with Crippen molar-refractivity contribution >= 4 is 58.0 Å². The van der Waals surface area contributed by atoms with Gasteiger partial charge in [-0.15, -0.1) is 0 Å². The maximum absolute atomic E-state index is 13.0. The molecule has 19 heavy (non-hydrogen) atoms. The Hall–Kier alpha value is -0.380. The molecule has 0 heterocycles. The van der Waals surface area contributed by atoms with Crippen LogP contribution in [0.5, 0.6) is 5.75 Å². The van der Waals surface area contributed by atoms with E-state index in [9.17, 15) is 9.50 Å². The Labute approximate surface area is 133 Å². The topological polar surface area (TPSA) is 20.2 Å². The molecule has 2 aromatic carbocycles. The van der Waals surface area contributed by atoms with Gasteiger partial charge in [0.1, 0.15) is 11.6 Å². The molecule has 0 radical (unpaired) electrons. The molecule has 1 nitrogen and oxygen atoms in total. The summed E-state index contributed by atoms with van der Waals surface area (Å²) in [6.07, 6.45) is 0. The van der Waals surface area contributed by atoms with Crippen LogP contribution in [0.1, 0.15) is 0 Å². The lowest BCUT2D eigenvalue weighted by molar-refractivity contribution is 0.471. The number of aromatic hydroxyl groups is 1. The predicted octanol–water partition coefficient (Wildman–Crippen LogP) is 6.47. The van der Waals surface area contributed by atoms with Gasteiger partial charge < -0.3 is 5.11 Å². The average molecular weight is 360 g/mol. The van der Waals surface area contributed by atoms with E-state index in [1.807, 2.05) is 0 Å². The van der Waals surface area contributed by atoms with Crippen molar-refractivity contribution in [3.63, 3.8) is 0 Å². The molecule has 0 bridgehead atoms. The average Bonchev–Trinajstić information content (AvgIpc) is 2.37. The van der Waals surface area contributed by atoms with Gasteiger partial charge in [-0.2, -0.15) is 0 Å². The van der Waals surface area contributed by atoms with Crippen molar-refractivity contribution in [2.24, 2.45) is 0 Å². The first-order valence-corrected chi connectivity index (χ1v) is 6.74. The Kier molecular flexibility index (Phi) is 4.38. The van der Waals surface area contributed by atoms with Gasteiger partial charge in [0.15, 0.2) is 0 Å². The maximum Gasteiger partial charge on any atom is 0.126 e. The fourth-order valence-electron chi connectivity index (χ4n) is 1.56. The van der Waals surface area contributed by atoms with Gasteiger partial charge in [0.25, 0.3) is 0 Å². The Balaban J connectivity index is 2.83. The highest BCUT2D eigenvalue weighted by molar-refractivity contribution is 6.56. The fourth-order valence-corrected chi connectivity index (χ4v) is 2.90. The lowest BCUT2D eigenvalue weighted by Gasteiger charge is -2.13. The van der Waals surface area contributed by atoms with Crippen molar-refractivity contribution in [3.05, 3.63) is 49.1 Å². The molecule has 0 spiro atoms. The Bertz CT molecular complexity index is 643. The normalized spacial score (nSPS) is 10.8. The van der Waals surface area contributed by atoms with Crippen LogP contribution in [-0.2, 0) is 0 Å². The molecular weight excluding hydrogens is 356 g/mol. The van der Waals surface area contributed by atoms with Gasteiger partial charge in [0.2, 0.25) is 0 Å². The van der Waals surface area contributed by atoms with Crippen molar-refractivity contribution in [2.75, 3.05) is 0 Å². The molecule has 0 saturated heterocycles. The fraction of sp³-hybridized carbons (Fsp3) is 0. The van der Waals surface area contributed by atoms with Crippen LogP contribution in [0.2, 0.25) is 25.1 Å². The molecule has 2 aromatic rings. The van der Waals surface area contributed by atoms with Crippen LogP contribution >= 0.6 is 58.0 Å². The molecule has 0 aliphatic heterocycles. The van der Waals surface area contributed by atoms with Crippen LogP contribution in [0.4, 0.5) is 4.39 Å². The minimum absolute atomic E-state index is 0.0106. The molecule has 0 atom stereocenters. The highest BCUT2D eigenvalue weighted by Gasteiger charge is 2.22. The summed E-state index contributed by atoms with van der Waals surface area (Å²) in [6, 6.07) is 3.40. The smallest absolute Gasteiger partial charge is 0.126 e. The summed E-state index contributed by atoms with van der Waals surface area (Å²) in [5.74, 6) is -0.932. The van der Waals surface area contributed by atoms with E-state index in [-0.39, 0.29) is 42.0 Å². The maximum atomic E-state index is 13.0. The van der Waals surface area contributed by atoms with Crippen molar-refractivity contribution in [2.45, 2.75) is 0 Å². The van der Waals surface area contributed by atoms with Gasteiger partial charge in [0.05, 0.1) is 25.1 Å². The summed E-state index contributed by atoms with van der Waals surface area (Å²) in [7, 11) is 0. The van der Waals surface area contributed by atoms with E-state index in [0.29, 0.717) is 0 Å². The number of halogens is 6. The molecule has 2 rings (SSSR count). The zero-order valence-electron chi connectivity index (χ0n) is 8.95. The lowest BCUT2D eigenvalue weighted by atomic mass is 10.0. The highest BCUT2D eigenvalue weighted by atomic mass is 35.5. The van der Waals surface area contributed by atoms with Gasteiger partial charge >= 0.3 is 0 Å². The van der Waals surface area contributed by atoms with Crippen LogP contribution < -0.4 is 0 Å². The van der Waals surface area contributed by atoms with Crippen molar-refractivity contribution in [1.82, 2.24) is 0 Å². The molecule has 0 aromatic heterocycles. The second-order valence-corrected chi connectivity index (χ2v) is 5.50. The predicted molar refractivity (Wildman–Crippen MR) is 78.6 cm³/mol. The Morgan fingerprint density at radius 1 is 0.789 bits per heavy atom. The molecule has 0 aliphatic rings. The molecule has 0 fully saturated rings. The number of phenolic OH excluding ortho intramolecular Hbond substituents is 1. The monoisotopic (exact) mass is 358 g/mol. The quantitative estimate of drug-likeness (QED) is 0.457. The van der Waals surface area contributed by atoms with Crippen molar-refractivity contribution in [3.8, 4) is 16.9 Å². The summed E-state index contributed by atoms with van der Waals surface area (Å²) in [5.41, 5.74) is 0.400. The van der Waals surface area contributed by atoms with E-state index >= 15 is 0 Å². The molecule has 0 saturated carbocycles. The SMILES string of the molecule is Oc1cc(F)ccc1-c1c(Cl)c(Cl)c(Cl)c(Cl)c1Cl. The van der Waals surface area contributed by atoms with E-state index in [0.717, 1.165) is 12.1 Å².